The van der Waals surface area contributed by atoms with Gasteiger partial charge in [0.05, 0.1) is 6.04 Å². The minimum Gasteiger partial charge on any atom is -0.465 e. The summed E-state index contributed by atoms with van der Waals surface area (Å²) in [6.07, 6.45) is 0.662. The normalized spacial score (nSPS) is 28.4. The van der Waals surface area contributed by atoms with Crippen LogP contribution in [-0.4, -0.2) is 23.3 Å². The maximum absolute atomic E-state index is 11.7. The fourth-order valence-electron chi connectivity index (χ4n) is 2.61. The lowest BCUT2D eigenvalue weighted by atomic mass is 9.89. The van der Waals surface area contributed by atoms with Crippen molar-refractivity contribution in [3.63, 3.8) is 0 Å². The number of furan rings is 1. The van der Waals surface area contributed by atoms with Crippen LogP contribution in [0.5, 0.6) is 0 Å². The predicted molar refractivity (Wildman–Crippen MR) is 66.8 cm³/mol. The highest BCUT2D eigenvalue weighted by Crippen LogP contribution is 2.30. The van der Waals surface area contributed by atoms with Crippen molar-refractivity contribution in [3.8, 4) is 0 Å². The van der Waals surface area contributed by atoms with E-state index in [0.717, 1.165) is 18.1 Å². The zero-order valence-electron chi connectivity index (χ0n) is 11.1. The van der Waals surface area contributed by atoms with Crippen LogP contribution >= 0.6 is 0 Å². The van der Waals surface area contributed by atoms with Crippen molar-refractivity contribution < 1.29 is 9.21 Å². The molecule has 1 fully saturated rings. The van der Waals surface area contributed by atoms with Gasteiger partial charge in [0.2, 0.25) is 0 Å². The fourth-order valence-corrected chi connectivity index (χ4v) is 2.61. The van der Waals surface area contributed by atoms with Gasteiger partial charge in [0.1, 0.15) is 17.3 Å². The number of hydrogen-bond donors (Lipinski definition) is 0. The van der Waals surface area contributed by atoms with Gasteiger partial charge in [-0.2, -0.15) is 0 Å². The number of rotatable bonds is 2. The molecule has 0 spiro atoms. The van der Waals surface area contributed by atoms with Crippen molar-refractivity contribution >= 4 is 5.78 Å². The Bertz CT molecular complexity index is 410. The Morgan fingerprint density at radius 2 is 2.12 bits per heavy atom. The largest absolute Gasteiger partial charge is 0.465 e. The van der Waals surface area contributed by atoms with Crippen LogP contribution in [0.2, 0.25) is 0 Å². The van der Waals surface area contributed by atoms with Crippen LogP contribution in [0.4, 0.5) is 0 Å². The van der Waals surface area contributed by atoms with Gasteiger partial charge in [-0.15, -0.1) is 0 Å². The molecule has 3 nitrogen and oxygen atoms in total. The maximum Gasteiger partial charge on any atom is 0.138 e. The van der Waals surface area contributed by atoms with Crippen LogP contribution in [0.15, 0.2) is 16.5 Å². The zero-order valence-corrected chi connectivity index (χ0v) is 11.1. The smallest absolute Gasteiger partial charge is 0.138 e. The van der Waals surface area contributed by atoms with E-state index < -0.39 is 0 Å². The number of aryl methyl sites for hydroxylation is 1. The van der Waals surface area contributed by atoms with Gasteiger partial charge in [0, 0.05) is 24.9 Å². The summed E-state index contributed by atoms with van der Waals surface area (Å²) in [7, 11) is 0. The molecule has 3 heteroatoms. The summed E-state index contributed by atoms with van der Waals surface area (Å²) >= 11 is 0. The van der Waals surface area contributed by atoms with Crippen LogP contribution < -0.4 is 0 Å². The highest BCUT2D eigenvalue weighted by molar-refractivity contribution is 5.82. The quantitative estimate of drug-likeness (QED) is 0.790. The van der Waals surface area contributed by atoms with E-state index in [0.29, 0.717) is 12.2 Å². The first kappa shape index (κ1) is 12.4. The number of piperidine rings is 1. The molecule has 3 atom stereocenters. The summed E-state index contributed by atoms with van der Waals surface area (Å²) in [6, 6.07) is 4.56. The molecular weight excluding hydrogens is 214 g/mol. The van der Waals surface area contributed by atoms with E-state index in [1.165, 1.54) is 0 Å². The minimum absolute atomic E-state index is 0.127. The lowest BCUT2D eigenvalue weighted by Gasteiger charge is -2.40. The molecule has 0 aliphatic carbocycles. The molecule has 0 N–H and O–H groups in total. The number of likely N-dealkylation sites (tertiary alicyclic amines) is 1. The van der Waals surface area contributed by atoms with Crippen LogP contribution in [0.1, 0.15) is 44.8 Å². The molecule has 17 heavy (non-hydrogen) atoms. The van der Waals surface area contributed by atoms with E-state index in [9.17, 15) is 4.79 Å². The van der Waals surface area contributed by atoms with Crippen molar-refractivity contribution in [1.29, 1.82) is 0 Å². The molecule has 0 radical (unpaired) electrons. The van der Waals surface area contributed by atoms with E-state index in [1.54, 1.807) is 0 Å². The molecule has 3 unspecified atom stereocenters. The average Bonchev–Trinajstić information content (AvgIpc) is 2.72. The first-order chi connectivity index (χ1) is 8.00. The summed E-state index contributed by atoms with van der Waals surface area (Å²) in [6.45, 7) is 9.11. The molecule has 0 saturated carbocycles. The summed E-state index contributed by atoms with van der Waals surface area (Å²) in [5.41, 5.74) is 0. The van der Waals surface area contributed by atoms with E-state index in [4.69, 9.17) is 4.42 Å². The van der Waals surface area contributed by atoms with Crippen molar-refractivity contribution in [2.24, 2.45) is 5.92 Å². The number of hydrogen-bond acceptors (Lipinski definition) is 3. The summed E-state index contributed by atoms with van der Waals surface area (Å²) in [5.74, 6) is 2.45. The standard InChI is InChI=1S/C14H21NO2/c1-9-5-6-14(17-9)12(4)15-8-7-13(16)10(2)11(15)3/h5-6,10-12H,7-8H2,1-4H3. The molecule has 1 saturated heterocycles. The lowest BCUT2D eigenvalue weighted by molar-refractivity contribution is -0.128. The highest BCUT2D eigenvalue weighted by atomic mass is 16.3. The zero-order chi connectivity index (χ0) is 12.6. The van der Waals surface area contributed by atoms with E-state index in [2.05, 4.69) is 18.7 Å². The Hall–Kier alpha value is -1.09. The first-order valence-electron chi connectivity index (χ1n) is 6.35. The van der Waals surface area contributed by atoms with Gasteiger partial charge in [-0.1, -0.05) is 6.92 Å². The van der Waals surface area contributed by atoms with Crippen LogP contribution in [-0.2, 0) is 4.79 Å². The van der Waals surface area contributed by atoms with E-state index in [-0.39, 0.29) is 18.0 Å². The van der Waals surface area contributed by atoms with Crippen molar-refractivity contribution in [3.05, 3.63) is 23.7 Å². The summed E-state index contributed by atoms with van der Waals surface area (Å²) in [5, 5.41) is 0. The number of Topliss-reactive ketones (excluding diaryl/α,β-unsaturated/α-hetero) is 1. The molecule has 1 aliphatic heterocycles. The Morgan fingerprint density at radius 1 is 1.41 bits per heavy atom. The van der Waals surface area contributed by atoms with Crippen LogP contribution in [0, 0.1) is 12.8 Å². The molecule has 2 rings (SSSR count). The molecule has 94 valence electrons. The van der Waals surface area contributed by atoms with Gasteiger partial charge in [-0.25, -0.2) is 0 Å². The van der Waals surface area contributed by atoms with E-state index >= 15 is 0 Å². The fraction of sp³-hybridized carbons (Fsp3) is 0.643. The van der Waals surface area contributed by atoms with Gasteiger partial charge in [0.25, 0.3) is 0 Å². The molecule has 1 aliphatic rings. The number of carbonyl (C=O) groups excluding carboxylic acids is 1. The van der Waals surface area contributed by atoms with Crippen molar-refractivity contribution in [2.75, 3.05) is 6.54 Å². The topological polar surface area (TPSA) is 33.5 Å². The molecule has 1 aromatic rings. The third kappa shape index (κ3) is 2.29. The third-order valence-electron chi connectivity index (χ3n) is 4.04. The van der Waals surface area contributed by atoms with Crippen molar-refractivity contribution in [1.82, 2.24) is 4.90 Å². The molecule has 0 aromatic carbocycles. The molecule has 1 aromatic heterocycles. The second kappa shape index (κ2) is 4.65. The van der Waals surface area contributed by atoms with Crippen LogP contribution in [0.3, 0.4) is 0 Å². The second-order valence-corrected chi connectivity index (χ2v) is 5.11. The molecule has 0 bridgehead atoms. The highest BCUT2D eigenvalue weighted by Gasteiger charge is 2.34. The van der Waals surface area contributed by atoms with Gasteiger partial charge in [-0.05, 0) is 32.9 Å². The second-order valence-electron chi connectivity index (χ2n) is 5.11. The third-order valence-corrected chi connectivity index (χ3v) is 4.04. The van der Waals surface area contributed by atoms with Gasteiger partial charge in [-0.3, -0.25) is 9.69 Å². The minimum atomic E-state index is 0.127. The molecule has 2 heterocycles. The average molecular weight is 235 g/mol. The molecule has 0 amide bonds. The Morgan fingerprint density at radius 3 is 2.71 bits per heavy atom. The number of nitrogens with zero attached hydrogens (tertiary/aromatic N) is 1. The van der Waals surface area contributed by atoms with Crippen LogP contribution in [0.25, 0.3) is 0 Å². The Kier molecular flexibility index (Phi) is 3.38. The van der Waals surface area contributed by atoms with Gasteiger partial charge < -0.3 is 4.42 Å². The lowest BCUT2D eigenvalue weighted by Crippen LogP contribution is -2.47. The molecular formula is C14H21NO2. The number of ketones is 1. The maximum atomic E-state index is 11.7. The van der Waals surface area contributed by atoms with Crippen molar-refractivity contribution in [2.45, 2.75) is 46.2 Å². The first-order valence-corrected chi connectivity index (χ1v) is 6.35. The Labute approximate surface area is 103 Å². The predicted octanol–water partition coefficient (Wildman–Crippen LogP) is 2.95. The monoisotopic (exact) mass is 235 g/mol. The number of carbonyl (C=O) groups is 1. The van der Waals surface area contributed by atoms with Gasteiger partial charge in [0.15, 0.2) is 0 Å². The van der Waals surface area contributed by atoms with Gasteiger partial charge >= 0.3 is 0 Å². The summed E-state index contributed by atoms with van der Waals surface area (Å²) < 4.78 is 5.68. The SMILES string of the molecule is Cc1ccc(C(C)N2CCC(=O)C(C)C2C)o1. The summed E-state index contributed by atoms with van der Waals surface area (Å²) in [4.78, 5) is 14.0. The van der Waals surface area contributed by atoms with E-state index in [1.807, 2.05) is 26.0 Å². The Balaban J connectivity index is 2.14.